The van der Waals surface area contributed by atoms with Gasteiger partial charge in [-0.2, -0.15) is 5.10 Å². The second kappa shape index (κ2) is 4.31. The summed E-state index contributed by atoms with van der Waals surface area (Å²) >= 11 is 0. The number of nitrogens with zero attached hydrogens (tertiary/aromatic N) is 2. The lowest BCUT2D eigenvalue weighted by molar-refractivity contribution is 0.0990. The summed E-state index contributed by atoms with van der Waals surface area (Å²) in [5, 5.41) is 4.13. The fourth-order valence-corrected chi connectivity index (χ4v) is 1.70. The van der Waals surface area contributed by atoms with Gasteiger partial charge in [-0.3, -0.25) is 9.48 Å². The van der Waals surface area contributed by atoms with Gasteiger partial charge in [0.25, 0.3) is 0 Å². The van der Waals surface area contributed by atoms with Gasteiger partial charge in [-0.1, -0.05) is 30.3 Å². The van der Waals surface area contributed by atoms with Crippen LogP contribution in [-0.2, 0) is 13.5 Å². The fraction of sp³-hybridized carbons (Fsp3) is 0.231. The zero-order valence-electron chi connectivity index (χ0n) is 9.47. The molecule has 0 spiro atoms. The molecule has 82 valence electrons. The first-order valence-electron chi connectivity index (χ1n) is 5.24. The minimum absolute atomic E-state index is 0.132. The quantitative estimate of drug-likeness (QED) is 0.734. The number of benzene rings is 1. The fourth-order valence-electron chi connectivity index (χ4n) is 1.70. The van der Waals surface area contributed by atoms with Crippen molar-refractivity contribution in [3.8, 4) is 0 Å². The highest BCUT2D eigenvalue weighted by molar-refractivity contribution is 5.97. The molecule has 0 amide bonds. The summed E-state index contributed by atoms with van der Waals surface area (Å²) in [7, 11) is 1.86. The number of aromatic nitrogens is 2. The summed E-state index contributed by atoms with van der Waals surface area (Å²) in [5.41, 5.74) is 2.80. The van der Waals surface area contributed by atoms with Crippen LogP contribution in [0.15, 0.2) is 36.5 Å². The number of carbonyl (C=O) groups excluding carboxylic acids is 1. The van der Waals surface area contributed by atoms with Crippen LogP contribution < -0.4 is 0 Å². The number of carbonyl (C=O) groups is 1. The van der Waals surface area contributed by atoms with Crippen molar-refractivity contribution in [2.75, 3.05) is 0 Å². The lowest BCUT2D eigenvalue weighted by Gasteiger charge is -2.03. The van der Waals surface area contributed by atoms with E-state index in [4.69, 9.17) is 0 Å². The van der Waals surface area contributed by atoms with Gasteiger partial charge in [0, 0.05) is 18.3 Å². The van der Waals surface area contributed by atoms with E-state index in [-0.39, 0.29) is 5.78 Å². The molecule has 0 unspecified atom stereocenters. The van der Waals surface area contributed by atoms with Crippen LogP contribution in [0.5, 0.6) is 0 Å². The van der Waals surface area contributed by atoms with E-state index in [9.17, 15) is 4.79 Å². The van der Waals surface area contributed by atoms with E-state index in [0.29, 0.717) is 6.42 Å². The van der Waals surface area contributed by atoms with Gasteiger partial charge in [0.1, 0.15) is 0 Å². The molecule has 2 aromatic rings. The molecule has 2 rings (SSSR count). The molecule has 3 heteroatoms. The average Bonchev–Trinajstić information content (AvgIpc) is 2.62. The van der Waals surface area contributed by atoms with Crippen LogP contribution in [-0.4, -0.2) is 15.6 Å². The lowest BCUT2D eigenvalue weighted by Crippen LogP contribution is -2.08. The predicted molar refractivity (Wildman–Crippen MR) is 62.4 cm³/mol. The van der Waals surface area contributed by atoms with Gasteiger partial charge in [-0.05, 0) is 12.5 Å². The van der Waals surface area contributed by atoms with E-state index in [1.807, 2.05) is 44.3 Å². The van der Waals surface area contributed by atoms with E-state index in [1.54, 1.807) is 10.9 Å². The Morgan fingerprint density at radius 2 is 2.00 bits per heavy atom. The molecular formula is C13H14N2O. The van der Waals surface area contributed by atoms with Crippen molar-refractivity contribution in [3.63, 3.8) is 0 Å². The van der Waals surface area contributed by atoms with Gasteiger partial charge in [0.15, 0.2) is 5.78 Å². The third-order valence-electron chi connectivity index (χ3n) is 2.69. The summed E-state index contributed by atoms with van der Waals surface area (Å²) in [6.45, 7) is 1.97. The van der Waals surface area contributed by atoms with Crippen molar-refractivity contribution < 1.29 is 4.79 Å². The number of Topliss-reactive ketones (excluding diaryl/α,β-unsaturated/α-hetero) is 1. The minimum atomic E-state index is 0.132. The summed E-state index contributed by atoms with van der Waals surface area (Å²) in [4.78, 5) is 12.0. The standard InChI is InChI=1S/C13H14N2O/c1-10-9-14-15(2)12(10)8-13(16)11-6-4-3-5-7-11/h3-7,9H,8H2,1-2H3. The number of hydrogen-bond acceptors (Lipinski definition) is 2. The molecule has 0 saturated carbocycles. The molecule has 0 radical (unpaired) electrons. The monoisotopic (exact) mass is 214 g/mol. The smallest absolute Gasteiger partial charge is 0.168 e. The Bertz CT molecular complexity index is 480. The van der Waals surface area contributed by atoms with Crippen molar-refractivity contribution in [3.05, 3.63) is 53.3 Å². The third-order valence-corrected chi connectivity index (χ3v) is 2.69. The molecule has 0 atom stereocenters. The van der Waals surface area contributed by atoms with Crippen molar-refractivity contribution in [2.24, 2.45) is 7.05 Å². The maximum Gasteiger partial charge on any atom is 0.168 e. The molecule has 3 nitrogen and oxygen atoms in total. The first-order chi connectivity index (χ1) is 7.68. The van der Waals surface area contributed by atoms with Crippen LogP contribution >= 0.6 is 0 Å². The molecule has 1 aromatic carbocycles. The highest BCUT2D eigenvalue weighted by atomic mass is 16.1. The number of rotatable bonds is 3. The number of hydrogen-bond donors (Lipinski definition) is 0. The van der Waals surface area contributed by atoms with Gasteiger partial charge < -0.3 is 0 Å². The minimum Gasteiger partial charge on any atom is -0.294 e. The number of ketones is 1. The van der Waals surface area contributed by atoms with Gasteiger partial charge in [0.2, 0.25) is 0 Å². The predicted octanol–water partition coefficient (Wildman–Crippen LogP) is 2.15. The van der Waals surface area contributed by atoms with Crippen molar-refractivity contribution in [1.29, 1.82) is 0 Å². The Balaban J connectivity index is 2.21. The highest BCUT2D eigenvalue weighted by Crippen LogP contribution is 2.10. The second-order valence-corrected chi connectivity index (χ2v) is 3.86. The molecule has 1 heterocycles. The van der Waals surface area contributed by atoms with Crippen LogP contribution in [0.4, 0.5) is 0 Å². The van der Waals surface area contributed by atoms with E-state index in [1.165, 1.54) is 0 Å². The van der Waals surface area contributed by atoms with E-state index >= 15 is 0 Å². The van der Waals surface area contributed by atoms with Gasteiger partial charge in [-0.25, -0.2) is 0 Å². The van der Waals surface area contributed by atoms with Crippen LogP contribution in [0.2, 0.25) is 0 Å². The van der Waals surface area contributed by atoms with Crippen LogP contribution in [0, 0.1) is 6.92 Å². The first-order valence-corrected chi connectivity index (χ1v) is 5.24. The van der Waals surface area contributed by atoms with Crippen LogP contribution in [0.3, 0.4) is 0 Å². The van der Waals surface area contributed by atoms with Gasteiger partial charge in [-0.15, -0.1) is 0 Å². The Kier molecular flexibility index (Phi) is 2.86. The molecule has 0 saturated heterocycles. The second-order valence-electron chi connectivity index (χ2n) is 3.86. The summed E-state index contributed by atoms with van der Waals surface area (Å²) < 4.78 is 1.76. The van der Waals surface area contributed by atoms with Gasteiger partial charge in [0.05, 0.1) is 12.6 Å². The molecular weight excluding hydrogens is 200 g/mol. The maximum atomic E-state index is 12.0. The summed E-state index contributed by atoms with van der Waals surface area (Å²) in [6.07, 6.45) is 2.19. The molecule has 0 N–H and O–H groups in total. The van der Waals surface area contributed by atoms with E-state index in [2.05, 4.69) is 5.10 Å². The lowest BCUT2D eigenvalue weighted by atomic mass is 10.1. The molecule has 0 bridgehead atoms. The van der Waals surface area contributed by atoms with Gasteiger partial charge >= 0.3 is 0 Å². The Labute approximate surface area is 94.7 Å². The third kappa shape index (κ3) is 2.03. The summed E-state index contributed by atoms with van der Waals surface area (Å²) in [5.74, 6) is 0.132. The largest absolute Gasteiger partial charge is 0.294 e. The zero-order chi connectivity index (χ0) is 11.5. The molecule has 16 heavy (non-hydrogen) atoms. The van der Waals surface area contributed by atoms with Crippen molar-refractivity contribution >= 4 is 5.78 Å². The Hall–Kier alpha value is -1.90. The maximum absolute atomic E-state index is 12.0. The molecule has 0 aliphatic heterocycles. The van der Waals surface area contributed by atoms with Crippen molar-refractivity contribution in [1.82, 2.24) is 9.78 Å². The Morgan fingerprint density at radius 3 is 2.56 bits per heavy atom. The van der Waals surface area contributed by atoms with E-state index < -0.39 is 0 Å². The van der Waals surface area contributed by atoms with Crippen LogP contribution in [0.1, 0.15) is 21.6 Å². The molecule has 0 fully saturated rings. The Morgan fingerprint density at radius 1 is 1.31 bits per heavy atom. The molecule has 0 aliphatic rings. The van der Waals surface area contributed by atoms with E-state index in [0.717, 1.165) is 16.8 Å². The molecule has 0 aliphatic carbocycles. The van der Waals surface area contributed by atoms with Crippen LogP contribution in [0.25, 0.3) is 0 Å². The normalized spacial score (nSPS) is 10.4. The first kappa shape index (κ1) is 10.6. The summed E-state index contributed by atoms with van der Waals surface area (Å²) in [6, 6.07) is 9.35. The average molecular weight is 214 g/mol. The molecule has 1 aromatic heterocycles. The zero-order valence-corrected chi connectivity index (χ0v) is 9.47. The van der Waals surface area contributed by atoms with Crippen molar-refractivity contribution in [2.45, 2.75) is 13.3 Å². The number of aryl methyl sites for hydroxylation is 2. The SMILES string of the molecule is Cc1cnn(C)c1CC(=O)c1ccccc1. The highest BCUT2D eigenvalue weighted by Gasteiger charge is 2.11. The topological polar surface area (TPSA) is 34.9 Å².